The molecule has 0 saturated carbocycles. The van der Waals surface area contributed by atoms with Gasteiger partial charge in [0.25, 0.3) is 0 Å². The predicted molar refractivity (Wildman–Crippen MR) is 85.8 cm³/mol. The lowest BCUT2D eigenvalue weighted by molar-refractivity contribution is 0.0600. The molecule has 0 spiro atoms. The molecule has 2 aromatic carbocycles. The monoisotopic (exact) mass is 305 g/mol. The fraction of sp³-hybridized carbons (Fsp3) is 0.167. The molecule has 0 saturated heterocycles. The molecule has 5 heteroatoms. The summed E-state index contributed by atoms with van der Waals surface area (Å²) in [5.74, 6) is -0.365. The van der Waals surface area contributed by atoms with E-state index in [2.05, 4.69) is 22.2 Å². The summed E-state index contributed by atoms with van der Waals surface area (Å²) in [6.45, 7) is 0.574. The Bertz CT molecular complexity index is 751. The molecule has 23 heavy (non-hydrogen) atoms. The van der Waals surface area contributed by atoms with Crippen molar-refractivity contribution in [1.29, 1.82) is 10.5 Å². The zero-order valence-electron chi connectivity index (χ0n) is 12.7. The second-order valence-electron chi connectivity index (χ2n) is 4.82. The number of rotatable bonds is 5. The number of hydrogen-bond acceptors (Lipinski definition) is 5. The van der Waals surface area contributed by atoms with Crippen molar-refractivity contribution in [3.8, 4) is 12.1 Å². The number of carbonyl (C=O) groups excluding carboxylic acids is 1. The molecule has 0 aliphatic carbocycles. The molecule has 0 unspecified atom stereocenters. The molecule has 0 radical (unpaired) electrons. The highest BCUT2D eigenvalue weighted by Crippen LogP contribution is 2.19. The molecular weight excluding hydrogens is 290 g/mol. The number of carbonyl (C=O) groups is 1. The number of para-hydroxylation sites is 1. The van der Waals surface area contributed by atoms with Gasteiger partial charge in [-0.05, 0) is 36.2 Å². The predicted octanol–water partition coefficient (Wildman–Crippen LogP) is 2.87. The van der Waals surface area contributed by atoms with E-state index in [9.17, 15) is 4.79 Å². The van der Waals surface area contributed by atoms with E-state index in [1.54, 1.807) is 30.3 Å². The number of nitrogens with zero attached hydrogens (tertiary/aromatic N) is 2. The summed E-state index contributed by atoms with van der Waals surface area (Å²) in [5, 5.41) is 21.4. The average molecular weight is 305 g/mol. The molecule has 5 nitrogen and oxygen atoms in total. The maximum Gasteiger partial charge on any atom is 0.337 e. The van der Waals surface area contributed by atoms with Gasteiger partial charge < -0.3 is 10.1 Å². The van der Waals surface area contributed by atoms with Gasteiger partial charge in [0.1, 0.15) is 12.1 Å². The third-order valence-corrected chi connectivity index (χ3v) is 3.40. The van der Waals surface area contributed by atoms with Gasteiger partial charge in [-0.15, -0.1) is 0 Å². The van der Waals surface area contributed by atoms with Crippen molar-refractivity contribution in [3.63, 3.8) is 0 Å². The van der Waals surface area contributed by atoms with Crippen LogP contribution in [-0.2, 0) is 11.2 Å². The number of methoxy groups -OCH3 is 1. The topological polar surface area (TPSA) is 85.9 Å². The van der Waals surface area contributed by atoms with Crippen molar-refractivity contribution in [1.82, 2.24) is 0 Å². The SMILES string of the molecule is COC(=O)c1ccc(CCNc2c(C#N)cccc2C#N)cc1. The van der Waals surface area contributed by atoms with Crippen molar-refractivity contribution in [2.75, 3.05) is 19.0 Å². The van der Waals surface area contributed by atoms with E-state index in [0.29, 0.717) is 35.3 Å². The number of benzene rings is 2. The Hall–Kier alpha value is -3.31. The largest absolute Gasteiger partial charge is 0.465 e. The van der Waals surface area contributed by atoms with E-state index in [0.717, 1.165) is 5.56 Å². The fourth-order valence-corrected chi connectivity index (χ4v) is 2.19. The second-order valence-corrected chi connectivity index (χ2v) is 4.82. The molecule has 0 aliphatic rings. The lowest BCUT2D eigenvalue weighted by atomic mass is 10.1. The van der Waals surface area contributed by atoms with E-state index in [1.807, 2.05) is 12.1 Å². The van der Waals surface area contributed by atoms with E-state index in [-0.39, 0.29) is 5.97 Å². The first kappa shape index (κ1) is 16.1. The standard InChI is InChI=1S/C18H15N3O2/c1-23-18(22)14-7-5-13(6-8-14)9-10-21-17-15(11-19)3-2-4-16(17)12-20/h2-8,21H,9-10H2,1H3. The van der Waals surface area contributed by atoms with Crippen LogP contribution in [0.5, 0.6) is 0 Å². The number of nitrogens with one attached hydrogen (secondary N) is 1. The molecule has 0 amide bonds. The molecule has 0 heterocycles. The van der Waals surface area contributed by atoms with E-state index >= 15 is 0 Å². The van der Waals surface area contributed by atoms with Gasteiger partial charge in [-0.3, -0.25) is 0 Å². The summed E-state index contributed by atoms with van der Waals surface area (Å²) in [4.78, 5) is 11.4. The van der Waals surface area contributed by atoms with Gasteiger partial charge in [0, 0.05) is 6.54 Å². The first-order valence-corrected chi connectivity index (χ1v) is 7.04. The van der Waals surface area contributed by atoms with Crippen LogP contribution >= 0.6 is 0 Å². The van der Waals surface area contributed by atoms with E-state index in [4.69, 9.17) is 10.5 Å². The molecular formula is C18H15N3O2. The summed E-state index contributed by atoms with van der Waals surface area (Å²) in [7, 11) is 1.35. The molecule has 0 bridgehead atoms. The molecule has 1 N–H and O–H groups in total. The summed E-state index contributed by atoms with van der Waals surface area (Å²) in [6.07, 6.45) is 0.700. The Balaban J connectivity index is 2.02. The molecule has 2 aromatic rings. The Morgan fingerprint density at radius 1 is 1.09 bits per heavy atom. The maximum absolute atomic E-state index is 11.4. The first-order valence-electron chi connectivity index (χ1n) is 7.04. The van der Waals surface area contributed by atoms with Gasteiger partial charge in [-0.25, -0.2) is 4.79 Å². The van der Waals surface area contributed by atoms with Crippen molar-refractivity contribution in [3.05, 3.63) is 64.7 Å². The molecule has 2 rings (SSSR count). The number of hydrogen-bond donors (Lipinski definition) is 1. The average Bonchev–Trinajstić information content (AvgIpc) is 2.61. The fourth-order valence-electron chi connectivity index (χ4n) is 2.19. The third-order valence-electron chi connectivity index (χ3n) is 3.40. The number of nitriles is 2. The quantitative estimate of drug-likeness (QED) is 0.858. The highest BCUT2D eigenvalue weighted by Gasteiger charge is 2.08. The zero-order chi connectivity index (χ0) is 16.7. The Morgan fingerprint density at radius 2 is 1.70 bits per heavy atom. The Labute approximate surface area is 134 Å². The minimum Gasteiger partial charge on any atom is -0.465 e. The van der Waals surface area contributed by atoms with Crippen LogP contribution in [0.1, 0.15) is 27.0 Å². The van der Waals surface area contributed by atoms with Crippen LogP contribution in [0.15, 0.2) is 42.5 Å². The van der Waals surface area contributed by atoms with Crippen molar-refractivity contribution >= 4 is 11.7 Å². The summed E-state index contributed by atoms with van der Waals surface area (Å²) < 4.78 is 4.65. The Kier molecular flexibility index (Phi) is 5.33. The normalized spacial score (nSPS) is 9.52. The molecule has 0 aromatic heterocycles. The van der Waals surface area contributed by atoms with Crippen LogP contribution < -0.4 is 5.32 Å². The van der Waals surface area contributed by atoms with Crippen LogP contribution in [0.4, 0.5) is 5.69 Å². The lowest BCUT2D eigenvalue weighted by Crippen LogP contribution is -2.08. The van der Waals surface area contributed by atoms with Crippen molar-refractivity contribution in [2.45, 2.75) is 6.42 Å². The maximum atomic E-state index is 11.4. The van der Waals surface area contributed by atoms with E-state index in [1.165, 1.54) is 7.11 Å². The van der Waals surface area contributed by atoms with Crippen LogP contribution in [0.2, 0.25) is 0 Å². The molecule has 0 atom stereocenters. The van der Waals surface area contributed by atoms with Gasteiger partial charge in [0.05, 0.1) is 29.5 Å². The van der Waals surface area contributed by atoms with Gasteiger partial charge in [0.2, 0.25) is 0 Å². The van der Waals surface area contributed by atoms with Crippen LogP contribution in [-0.4, -0.2) is 19.6 Å². The van der Waals surface area contributed by atoms with Gasteiger partial charge >= 0.3 is 5.97 Å². The second kappa shape index (κ2) is 7.63. The lowest BCUT2D eigenvalue weighted by Gasteiger charge is -2.10. The van der Waals surface area contributed by atoms with Crippen LogP contribution in [0, 0.1) is 22.7 Å². The molecule has 0 aliphatic heterocycles. The highest BCUT2D eigenvalue weighted by molar-refractivity contribution is 5.89. The van der Waals surface area contributed by atoms with Crippen LogP contribution in [0.25, 0.3) is 0 Å². The minimum atomic E-state index is -0.365. The van der Waals surface area contributed by atoms with Crippen molar-refractivity contribution in [2.24, 2.45) is 0 Å². The van der Waals surface area contributed by atoms with Gasteiger partial charge in [0.15, 0.2) is 0 Å². The first-order chi connectivity index (χ1) is 11.2. The molecule has 114 valence electrons. The highest BCUT2D eigenvalue weighted by atomic mass is 16.5. The van der Waals surface area contributed by atoms with Crippen molar-refractivity contribution < 1.29 is 9.53 Å². The van der Waals surface area contributed by atoms with Gasteiger partial charge in [-0.2, -0.15) is 10.5 Å². The number of anilines is 1. The summed E-state index contributed by atoms with van der Waals surface area (Å²) in [6, 6.07) is 16.3. The number of ether oxygens (including phenoxy) is 1. The Morgan fingerprint density at radius 3 is 2.22 bits per heavy atom. The smallest absolute Gasteiger partial charge is 0.337 e. The third kappa shape index (κ3) is 3.87. The van der Waals surface area contributed by atoms with E-state index < -0.39 is 0 Å². The summed E-state index contributed by atoms with van der Waals surface area (Å²) in [5.41, 5.74) is 3.00. The van der Waals surface area contributed by atoms with Crippen LogP contribution in [0.3, 0.4) is 0 Å². The van der Waals surface area contributed by atoms with Gasteiger partial charge in [-0.1, -0.05) is 18.2 Å². The zero-order valence-corrected chi connectivity index (χ0v) is 12.7. The minimum absolute atomic E-state index is 0.365. The molecule has 0 fully saturated rings. The summed E-state index contributed by atoms with van der Waals surface area (Å²) >= 11 is 0. The number of esters is 1.